The summed E-state index contributed by atoms with van der Waals surface area (Å²) in [5.74, 6) is 0.0651. The van der Waals surface area contributed by atoms with Gasteiger partial charge in [-0.25, -0.2) is 9.37 Å². The Balaban J connectivity index is 1.42. The van der Waals surface area contributed by atoms with Crippen molar-refractivity contribution in [3.63, 3.8) is 0 Å². The summed E-state index contributed by atoms with van der Waals surface area (Å²) in [6.45, 7) is 0. The Hall–Kier alpha value is -3.92. The molecule has 0 aliphatic carbocycles. The lowest BCUT2D eigenvalue weighted by Gasteiger charge is -2.05. The quantitative estimate of drug-likeness (QED) is 0.475. The Labute approximate surface area is 167 Å². The minimum atomic E-state index is -0.301. The Kier molecular flexibility index (Phi) is 4.10. The minimum Gasteiger partial charge on any atom is -0.338 e. The number of nitrogens with zero attached hydrogens (tertiary/aromatic N) is 5. The molecule has 0 atom stereocenters. The third kappa shape index (κ3) is 3.25. The first-order valence-electron chi connectivity index (χ1n) is 8.55. The molecule has 0 spiro atoms. The van der Waals surface area contributed by atoms with E-state index >= 15 is 0 Å². The van der Waals surface area contributed by atoms with Crippen LogP contribution < -0.4 is 5.32 Å². The molecule has 10 heteroatoms. The van der Waals surface area contributed by atoms with E-state index < -0.39 is 0 Å². The highest BCUT2D eigenvalue weighted by molar-refractivity contribution is 7.12. The number of imidazole rings is 1. The lowest BCUT2D eigenvalue weighted by molar-refractivity contribution is 0.103. The van der Waals surface area contributed by atoms with E-state index in [1.54, 1.807) is 35.7 Å². The van der Waals surface area contributed by atoms with Gasteiger partial charge in [-0.05, 0) is 64.3 Å². The SMILES string of the molecule is O=C(Nc1ccc2nc(-c3ccc(F)cc3)[nH]c2c1)c1sccc1-n1cnnn1. The highest BCUT2D eigenvalue weighted by Gasteiger charge is 2.16. The van der Waals surface area contributed by atoms with Gasteiger partial charge in [-0.15, -0.1) is 16.4 Å². The monoisotopic (exact) mass is 405 g/mol. The molecule has 0 saturated carbocycles. The van der Waals surface area contributed by atoms with Gasteiger partial charge in [0.15, 0.2) is 0 Å². The van der Waals surface area contributed by atoms with Gasteiger partial charge in [0.05, 0.1) is 16.7 Å². The number of anilines is 1. The van der Waals surface area contributed by atoms with Crippen molar-refractivity contribution in [3.05, 3.63) is 70.9 Å². The lowest BCUT2D eigenvalue weighted by atomic mass is 10.2. The molecule has 5 aromatic rings. The highest BCUT2D eigenvalue weighted by Crippen LogP contribution is 2.25. The maximum atomic E-state index is 13.1. The summed E-state index contributed by atoms with van der Waals surface area (Å²) in [4.78, 5) is 21.0. The zero-order valence-corrected chi connectivity index (χ0v) is 15.5. The molecule has 3 aromatic heterocycles. The van der Waals surface area contributed by atoms with Gasteiger partial charge in [0, 0.05) is 11.3 Å². The van der Waals surface area contributed by atoms with Crippen molar-refractivity contribution in [1.82, 2.24) is 30.2 Å². The predicted octanol–water partition coefficient (Wildman–Crippen LogP) is 3.66. The molecule has 0 unspecified atom stereocenters. The molecule has 1 amide bonds. The van der Waals surface area contributed by atoms with Crippen LogP contribution in [0.2, 0.25) is 0 Å². The van der Waals surface area contributed by atoms with E-state index in [4.69, 9.17) is 0 Å². The van der Waals surface area contributed by atoms with Crippen molar-refractivity contribution in [3.8, 4) is 17.1 Å². The van der Waals surface area contributed by atoms with Crippen LogP contribution in [0.4, 0.5) is 10.1 Å². The van der Waals surface area contributed by atoms with Gasteiger partial charge in [-0.1, -0.05) is 0 Å². The largest absolute Gasteiger partial charge is 0.338 e. The molecular formula is C19H12FN7OS. The van der Waals surface area contributed by atoms with Crippen molar-refractivity contribution in [1.29, 1.82) is 0 Å². The molecule has 0 aliphatic heterocycles. The van der Waals surface area contributed by atoms with Crippen LogP contribution in [0.1, 0.15) is 9.67 Å². The molecule has 0 radical (unpaired) electrons. The third-order valence-corrected chi connectivity index (χ3v) is 5.21. The van der Waals surface area contributed by atoms with E-state index in [1.165, 1.54) is 34.5 Å². The number of hydrogen-bond donors (Lipinski definition) is 2. The number of aromatic nitrogens is 6. The third-order valence-electron chi connectivity index (χ3n) is 4.30. The van der Waals surface area contributed by atoms with Crippen LogP contribution in [0.3, 0.4) is 0 Å². The summed E-state index contributed by atoms with van der Waals surface area (Å²) in [5, 5.41) is 15.7. The van der Waals surface area contributed by atoms with E-state index in [-0.39, 0.29) is 11.7 Å². The maximum Gasteiger partial charge on any atom is 0.267 e. The van der Waals surface area contributed by atoms with Crippen LogP contribution in [0.25, 0.3) is 28.1 Å². The molecule has 142 valence electrons. The van der Waals surface area contributed by atoms with Crippen LogP contribution in [0, 0.1) is 5.82 Å². The van der Waals surface area contributed by atoms with Gasteiger partial charge in [-0.2, -0.15) is 4.68 Å². The average molecular weight is 405 g/mol. The number of rotatable bonds is 4. The summed E-state index contributed by atoms with van der Waals surface area (Å²) in [7, 11) is 0. The van der Waals surface area contributed by atoms with E-state index in [1.807, 2.05) is 6.07 Å². The van der Waals surface area contributed by atoms with Crippen LogP contribution in [0.15, 0.2) is 60.2 Å². The molecule has 0 aliphatic rings. The number of aromatic amines is 1. The van der Waals surface area contributed by atoms with Crippen molar-refractivity contribution >= 4 is 34.0 Å². The van der Waals surface area contributed by atoms with Crippen LogP contribution in [0.5, 0.6) is 0 Å². The number of halogens is 1. The van der Waals surface area contributed by atoms with Crippen LogP contribution >= 0.6 is 11.3 Å². The number of amides is 1. The fourth-order valence-corrected chi connectivity index (χ4v) is 3.72. The number of hydrogen-bond acceptors (Lipinski definition) is 6. The van der Waals surface area contributed by atoms with Crippen molar-refractivity contribution in [2.75, 3.05) is 5.32 Å². The van der Waals surface area contributed by atoms with Crippen LogP contribution in [-0.4, -0.2) is 36.1 Å². The summed E-state index contributed by atoms with van der Waals surface area (Å²) in [6.07, 6.45) is 1.44. The molecule has 5 rings (SSSR count). The number of carbonyl (C=O) groups is 1. The number of benzene rings is 2. The number of fused-ring (bicyclic) bond motifs is 1. The summed E-state index contributed by atoms with van der Waals surface area (Å²) < 4.78 is 14.6. The van der Waals surface area contributed by atoms with Gasteiger partial charge in [0.1, 0.15) is 22.8 Å². The zero-order chi connectivity index (χ0) is 19.8. The Morgan fingerprint density at radius 3 is 2.79 bits per heavy atom. The predicted molar refractivity (Wildman–Crippen MR) is 106 cm³/mol. The Morgan fingerprint density at radius 2 is 2.00 bits per heavy atom. The maximum absolute atomic E-state index is 13.1. The number of tetrazole rings is 1. The smallest absolute Gasteiger partial charge is 0.267 e. The molecule has 8 nitrogen and oxygen atoms in total. The first kappa shape index (κ1) is 17.2. The second-order valence-corrected chi connectivity index (χ2v) is 7.08. The summed E-state index contributed by atoms with van der Waals surface area (Å²) in [5.41, 5.74) is 3.51. The van der Waals surface area contributed by atoms with Gasteiger partial charge in [0.2, 0.25) is 0 Å². The van der Waals surface area contributed by atoms with E-state index in [0.29, 0.717) is 22.1 Å². The number of nitrogens with one attached hydrogen (secondary N) is 2. The second kappa shape index (κ2) is 6.91. The normalized spacial score (nSPS) is 11.1. The Morgan fingerprint density at radius 1 is 1.14 bits per heavy atom. The molecule has 0 bridgehead atoms. The van der Waals surface area contributed by atoms with Gasteiger partial charge < -0.3 is 10.3 Å². The van der Waals surface area contributed by atoms with Crippen molar-refractivity contribution in [2.45, 2.75) is 0 Å². The van der Waals surface area contributed by atoms with Crippen LogP contribution in [-0.2, 0) is 0 Å². The molecular weight excluding hydrogens is 393 g/mol. The van der Waals surface area contributed by atoms with E-state index in [0.717, 1.165) is 16.6 Å². The molecule has 2 aromatic carbocycles. The average Bonchev–Trinajstić information content (AvgIpc) is 3.47. The minimum absolute atomic E-state index is 0.261. The fourth-order valence-electron chi connectivity index (χ4n) is 2.94. The summed E-state index contributed by atoms with van der Waals surface area (Å²) in [6, 6.07) is 13.3. The topological polar surface area (TPSA) is 101 Å². The van der Waals surface area contributed by atoms with Crippen molar-refractivity contribution < 1.29 is 9.18 Å². The zero-order valence-electron chi connectivity index (χ0n) is 14.7. The van der Waals surface area contributed by atoms with Crippen molar-refractivity contribution in [2.24, 2.45) is 0 Å². The lowest BCUT2D eigenvalue weighted by Crippen LogP contribution is -2.13. The first-order chi connectivity index (χ1) is 14.2. The first-order valence-corrected chi connectivity index (χ1v) is 9.43. The van der Waals surface area contributed by atoms with E-state index in [9.17, 15) is 9.18 Å². The number of thiophene rings is 1. The van der Waals surface area contributed by atoms with Gasteiger partial charge in [-0.3, -0.25) is 4.79 Å². The number of H-pyrrole nitrogens is 1. The molecule has 29 heavy (non-hydrogen) atoms. The molecule has 3 heterocycles. The Bertz CT molecular complexity index is 1310. The molecule has 0 fully saturated rings. The fraction of sp³-hybridized carbons (Fsp3) is 0. The summed E-state index contributed by atoms with van der Waals surface area (Å²) >= 11 is 1.30. The second-order valence-electron chi connectivity index (χ2n) is 6.17. The molecule has 2 N–H and O–H groups in total. The van der Waals surface area contributed by atoms with Gasteiger partial charge >= 0.3 is 0 Å². The highest BCUT2D eigenvalue weighted by atomic mass is 32.1. The molecule has 0 saturated heterocycles. The number of carbonyl (C=O) groups excluding carboxylic acids is 1. The van der Waals surface area contributed by atoms with E-state index in [2.05, 4.69) is 30.8 Å². The standard InChI is InChI=1S/C19H12FN7OS/c20-12-3-1-11(2-4-12)18-23-14-6-5-13(9-15(14)24-18)22-19(28)17-16(7-8-29-17)27-10-21-25-26-27/h1-10H,(H,22,28)(H,23,24). The van der Waals surface area contributed by atoms with Gasteiger partial charge in [0.25, 0.3) is 5.91 Å².